The van der Waals surface area contributed by atoms with Crippen LogP contribution in [0.15, 0.2) is 11.4 Å². The Balaban J connectivity index is 1.91. The number of hydrogen-bond donors (Lipinski definition) is 1. The normalized spacial score (nSPS) is 25.6. The first-order valence-corrected chi connectivity index (χ1v) is 8.45. The number of rotatable bonds is 2. The lowest BCUT2D eigenvalue weighted by molar-refractivity contribution is 0.257. The van der Waals surface area contributed by atoms with Crippen LogP contribution >= 0.6 is 0 Å². The number of aryl methyl sites for hydroxylation is 1. The second-order valence-electron chi connectivity index (χ2n) is 5.59. The first-order valence-electron chi connectivity index (χ1n) is 7.01. The maximum atomic E-state index is 12.8. The van der Waals surface area contributed by atoms with Crippen molar-refractivity contribution in [2.24, 2.45) is 7.05 Å². The molecule has 7 nitrogen and oxygen atoms in total. The van der Waals surface area contributed by atoms with Gasteiger partial charge in [0.15, 0.2) is 10.8 Å². The monoisotopic (exact) mass is 299 g/mol. The zero-order valence-corrected chi connectivity index (χ0v) is 12.5. The maximum Gasteiger partial charge on any atom is 0.262 e. The molecule has 1 atom stereocenters. The van der Waals surface area contributed by atoms with E-state index in [4.69, 9.17) is 5.73 Å². The van der Waals surface area contributed by atoms with Gasteiger partial charge in [-0.15, -0.1) is 0 Å². The van der Waals surface area contributed by atoms with Crippen LogP contribution in [0.1, 0.15) is 19.3 Å². The summed E-state index contributed by atoms with van der Waals surface area (Å²) in [5.41, 5.74) is 5.73. The zero-order chi connectivity index (χ0) is 14.3. The van der Waals surface area contributed by atoms with Gasteiger partial charge in [-0.3, -0.25) is 4.90 Å². The van der Waals surface area contributed by atoms with Crippen LogP contribution in [0.4, 0.5) is 5.82 Å². The summed E-state index contributed by atoms with van der Waals surface area (Å²) in [5, 5.41) is 0.115. The second-order valence-corrected chi connectivity index (χ2v) is 7.45. The summed E-state index contributed by atoms with van der Waals surface area (Å²) in [7, 11) is -1.90. The highest BCUT2D eigenvalue weighted by Crippen LogP contribution is 2.26. The number of anilines is 1. The van der Waals surface area contributed by atoms with Crippen molar-refractivity contribution in [2.45, 2.75) is 30.3 Å². The third-order valence-corrected chi connectivity index (χ3v) is 6.26. The SMILES string of the molecule is Cn1cnc(N)c1S(=O)(=O)N1CCCN2CCCC2C1. The Morgan fingerprint density at radius 2 is 2.05 bits per heavy atom. The number of sulfonamides is 1. The standard InChI is InChI=1S/C12H21N5O2S/c1-15-9-14-11(13)12(15)20(18,19)17-7-3-6-16-5-2-4-10(16)8-17/h9-10H,2-8,13H2,1H3. The first-order chi connectivity index (χ1) is 9.50. The van der Waals surface area contributed by atoms with Gasteiger partial charge in [-0.05, 0) is 32.4 Å². The fourth-order valence-corrected chi connectivity index (χ4v) is 4.98. The highest BCUT2D eigenvalue weighted by atomic mass is 32.2. The Morgan fingerprint density at radius 3 is 2.75 bits per heavy atom. The number of aromatic nitrogens is 2. The van der Waals surface area contributed by atoms with E-state index in [1.54, 1.807) is 11.4 Å². The Hall–Kier alpha value is -1.12. The van der Waals surface area contributed by atoms with E-state index in [0.717, 1.165) is 32.4 Å². The van der Waals surface area contributed by atoms with Gasteiger partial charge in [0, 0.05) is 26.2 Å². The van der Waals surface area contributed by atoms with Crippen LogP contribution in [0.3, 0.4) is 0 Å². The van der Waals surface area contributed by atoms with Gasteiger partial charge in [-0.25, -0.2) is 13.4 Å². The molecule has 8 heteroatoms. The molecule has 2 N–H and O–H groups in total. The van der Waals surface area contributed by atoms with Gasteiger partial charge in [-0.2, -0.15) is 4.31 Å². The molecule has 2 aliphatic rings. The molecule has 2 saturated heterocycles. The number of nitrogens with two attached hydrogens (primary N) is 1. The number of imidazole rings is 1. The number of fused-ring (bicyclic) bond motifs is 1. The van der Waals surface area contributed by atoms with Gasteiger partial charge < -0.3 is 10.3 Å². The average Bonchev–Trinajstić information content (AvgIpc) is 2.90. The van der Waals surface area contributed by atoms with E-state index in [1.807, 2.05) is 0 Å². The molecule has 1 unspecified atom stereocenters. The van der Waals surface area contributed by atoms with Gasteiger partial charge in [0.25, 0.3) is 10.0 Å². The predicted octanol–water partition coefficient (Wildman–Crippen LogP) is -0.139. The zero-order valence-electron chi connectivity index (χ0n) is 11.7. The van der Waals surface area contributed by atoms with E-state index in [-0.39, 0.29) is 10.8 Å². The summed E-state index contributed by atoms with van der Waals surface area (Å²) >= 11 is 0. The van der Waals surface area contributed by atoms with Crippen molar-refractivity contribution in [3.8, 4) is 0 Å². The highest BCUT2D eigenvalue weighted by Gasteiger charge is 2.36. The van der Waals surface area contributed by atoms with Crippen LogP contribution in [-0.4, -0.2) is 59.4 Å². The van der Waals surface area contributed by atoms with E-state index >= 15 is 0 Å². The van der Waals surface area contributed by atoms with Gasteiger partial charge in [-0.1, -0.05) is 0 Å². The molecule has 1 aromatic rings. The fraction of sp³-hybridized carbons (Fsp3) is 0.750. The largest absolute Gasteiger partial charge is 0.381 e. The Kier molecular flexibility index (Phi) is 3.47. The second kappa shape index (κ2) is 5.01. The Labute approximate surface area is 119 Å². The van der Waals surface area contributed by atoms with Crippen LogP contribution in [-0.2, 0) is 17.1 Å². The molecule has 0 aliphatic carbocycles. The summed E-state index contributed by atoms with van der Waals surface area (Å²) in [6.07, 6.45) is 4.55. The summed E-state index contributed by atoms with van der Waals surface area (Å²) in [5.74, 6) is 0.0834. The molecular formula is C12H21N5O2S. The van der Waals surface area contributed by atoms with Crippen molar-refractivity contribution in [3.63, 3.8) is 0 Å². The van der Waals surface area contributed by atoms with Gasteiger partial charge >= 0.3 is 0 Å². The molecule has 112 valence electrons. The minimum absolute atomic E-state index is 0.0834. The molecule has 3 rings (SSSR count). The van der Waals surface area contributed by atoms with Crippen molar-refractivity contribution < 1.29 is 8.42 Å². The van der Waals surface area contributed by atoms with Gasteiger partial charge in [0.1, 0.15) is 0 Å². The van der Waals surface area contributed by atoms with Crippen molar-refractivity contribution in [2.75, 3.05) is 31.9 Å². The minimum atomic E-state index is -3.56. The highest BCUT2D eigenvalue weighted by molar-refractivity contribution is 7.89. The van der Waals surface area contributed by atoms with Crippen LogP contribution in [0.5, 0.6) is 0 Å². The van der Waals surface area contributed by atoms with E-state index in [2.05, 4.69) is 9.88 Å². The smallest absolute Gasteiger partial charge is 0.262 e. The van der Waals surface area contributed by atoms with Crippen molar-refractivity contribution >= 4 is 15.8 Å². The molecule has 0 aromatic carbocycles. The van der Waals surface area contributed by atoms with Crippen LogP contribution in [0.25, 0.3) is 0 Å². The van der Waals surface area contributed by atoms with Crippen molar-refractivity contribution in [1.29, 1.82) is 0 Å². The molecule has 0 spiro atoms. The van der Waals surface area contributed by atoms with Gasteiger partial charge in [0.05, 0.1) is 6.33 Å². The summed E-state index contributed by atoms with van der Waals surface area (Å²) in [4.78, 5) is 6.30. The number of nitrogen functional groups attached to an aromatic ring is 1. The van der Waals surface area contributed by atoms with Crippen molar-refractivity contribution in [3.05, 3.63) is 6.33 Å². The van der Waals surface area contributed by atoms with Crippen LogP contribution < -0.4 is 5.73 Å². The summed E-state index contributed by atoms with van der Waals surface area (Å²) in [6, 6.07) is 0.349. The molecule has 0 radical (unpaired) electrons. The molecule has 3 heterocycles. The van der Waals surface area contributed by atoms with E-state index in [0.29, 0.717) is 19.1 Å². The van der Waals surface area contributed by atoms with E-state index in [9.17, 15) is 8.42 Å². The van der Waals surface area contributed by atoms with E-state index < -0.39 is 10.0 Å². The molecule has 2 aliphatic heterocycles. The lowest BCUT2D eigenvalue weighted by atomic mass is 10.2. The first kappa shape index (κ1) is 13.8. The van der Waals surface area contributed by atoms with Crippen molar-refractivity contribution in [1.82, 2.24) is 18.8 Å². The molecule has 2 fully saturated rings. The molecule has 0 bridgehead atoms. The Morgan fingerprint density at radius 1 is 1.30 bits per heavy atom. The summed E-state index contributed by atoms with van der Waals surface area (Å²) in [6.45, 7) is 3.19. The maximum absolute atomic E-state index is 12.8. The molecule has 0 saturated carbocycles. The third kappa shape index (κ3) is 2.21. The van der Waals surface area contributed by atoms with Crippen LogP contribution in [0, 0.1) is 0 Å². The fourth-order valence-electron chi connectivity index (χ4n) is 3.26. The molecule has 1 aromatic heterocycles. The molecule has 20 heavy (non-hydrogen) atoms. The lowest BCUT2D eigenvalue weighted by Gasteiger charge is -2.25. The Bertz CT molecular complexity index is 577. The average molecular weight is 299 g/mol. The number of hydrogen-bond acceptors (Lipinski definition) is 5. The number of nitrogens with zero attached hydrogens (tertiary/aromatic N) is 4. The minimum Gasteiger partial charge on any atom is -0.381 e. The van der Waals surface area contributed by atoms with Gasteiger partial charge in [0.2, 0.25) is 0 Å². The van der Waals surface area contributed by atoms with E-state index in [1.165, 1.54) is 10.9 Å². The summed E-state index contributed by atoms with van der Waals surface area (Å²) < 4.78 is 28.7. The molecule has 0 amide bonds. The predicted molar refractivity (Wildman–Crippen MR) is 75.6 cm³/mol. The third-order valence-electron chi connectivity index (χ3n) is 4.26. The lowest BCUT2D eigenvalue weighted by Crippen LogP contribution is -2.40. The van der Waals surface area contributed by atoms with Crippen LogP contribution in [0.2, 0.25) is 0 Å². The molecular weight excluding hydrogens is 278 g/mol. The topological polar surface area (TPSA) is 84.5 Å². The quantitative estimate of drug-likeness (QED) is 0.822.